The minimum absolute atomic E-state index is 0.0237. The molecule has 0 atom stereocenters. The van der Waals surface area contributed by atoms with Gasteiger partial charge in [0.25, 0.3) is 10.0 Å². The minimum atomic E-state index is -3.68. The molecule has 0 unspecified atom stereocenters. The standard InChI is InChI=1S/C9H9N5O2S/c10-9-2-1-8(5-13-9)17(15,16)14-7-3-11-6-12-4-7/h1-6,14H,(H2,10,13). The zero-order valence-corrected chi connectivity index (χ0v) is 9.42. The number of pyridine rings is 1. The highest BCUT2D eigenvalue weighted by Crippen LogP contribution is 2.13. The molecule has 2 heterocycles. The number of nitrogens with zero attached hydrogens (tertiary/aromatic N) is 3. The van der Waals surface area contributed by atoms with Crippen LogP contribution in [0.3, 0.4) is 0 Å². The number of hydrogen-bond donors (Lipinski definition) is 2. The van der Waals surface area contributed by atoms with Crippen molar-refractivity contribution in [2.45, 2.75) is 4.90 Å². The molecular formula is C9H9N5O2S. The molecule has 2 aromatic rings. The van der Waals surface area contributed by atoms with Gasteiger partial charge in [0.05, 0.1) is 18.1 Å². The third-order valence-corrected chi connectivity index (χ3v) is 3.25. The molecule has 0 spiro atoms. The maximum Gasteiger partial charge on any atom is 0.263 e. The minimum Gasteiger partial charge on any atom is -0.384 e. The number of aromatic nitrogens is 3. The molecule has 17 heavy (non-hydrogen) atoms. The van der Waals surface area contributed by atoms with Gasteiger partial charge in [-0.2, -0.15) is 0 Å². The topological polar surface area (TPSA) is 111 Å². The van der Waals surface area contributed by atoms with E-state index in [-0.39, 0.29) is 16.4 Å². The number of anilines is 2. The lowest BCUT2D eigenvalue weighted by Crippen LogP contribution is -2.13. The third-order valence-electron chi connectivity index (χ3n) is 1.88. The lowest BCUT2D eigenvalue weighted by molar-refractivity contribution is 0.601. The van der Waals surface area contributed by atoms with E-state index in [1.165, 1.54) is 37.1 Å². The van der Waals surface area contributed by atoms with Gasteiger partial charge in [-0.05, 0) is 12.1 Å². The van der Waals surface area contributed by atoms with Crippen molar-refractivity contribution in [1.29, 1.82) is 0 Å². The Kier molecular flexibility index (Phi) is 2.88. The van der Waals surface area contributed by atoms with Crippen LogP contribution in [0.1, 0.15) is 0 Å². The molecule has 0 radical (unpaired) electrons. The van der Waals surface area contributed by atoms with Gasteiger partial charge in [0.15, 0.2) is 0 Å². The maximum atomic E-state index is 11.9. The fourth-order valence-electron chi connectivity index (χ4n) is 1.12. The van der Waals surface area contributed by atoms with E-state index < -0.39 is 10.0 Å². The lowest BCUT2D eigenvalue weighted by Gasteiger charge is -2.06. The fourth-order valence-corrected chi connectivity index (χ4v) is 2.09. The number of sulfonamides is 1. The van der Waals surface area contributed by atoms with Crippen LogP contribution < -0.4 is 10.5 Å². The highest BCUT2D eigenvalue weighted by atomic mass is 32.2. The summed E-state index contributed by atoms with van der Waals surface area (Å²) in [4.78, 5) is 11.1. The second-order valence-corrected chi connectivity index (χ2v) is 4.83. The molecule has 0 bridgehead atoms. The molecular weight excluding hydrogens is 242 g/mol. The average Bonchev–Trinajstić information content (AvgIpc) is 2.30. The zero-order chi connectivity index (χ0) is 12.3. The molecule has 0 aliphatic rings. The van der Waals surface area contributed by atoms with Crippen molar-refractivity contribution in [3.63, 3.8) is 0 Å². The second-order valence-electron chi connectivity index (χ2n) is 3.15. The van der Waals surface area contributed by atoms with Crippen molar-refractivity contribution in [2.75, 3.05) is 10.5 Å². The summed E-state index contributed by atoms with van der Waals surface area (Å²) in [6.07, 6.45) is 5.20. The van der Waals surface area contributed by atoms with Crippen LogP contribution in [-0.2, 0) is 10.0 Å². The predicted molar refractivity (Wildman–Crippen MR) is 61.5 cm³/mol. The molecule has 88 valence electrons. The normalized spacial score (nSPS) is 11.1. The summed E-state index contributed by atoms with van der Waals surface area (Å²) >= 11 is 0. The van der Waals surface area contributed by atoms with Gasteiger partial charge in [0.2, 0.25) is 0 Å². The van der Waals surface area contributed by atoms with Crippen LogP contribution in [0.25, 0.3) is 0 Å². The smallest absolute Gasteiger partial charge is 0.263 e. The predicted octanol–water partition coefficient (Wildman–Crippen LogP) is 0.255. The van der Waals surface area contributed by atoms with E-state index in [1.54, 1.807) is 0 Å². The quantitative estimate of drug-likeness (QED) is 0.809. The Morgan fingerprint density at radius 2 is 1.82 bits per heavy atom. The molecule has 0 aliphatic carbocycles. The average molecular weight is 251 g/mol. The van der Waals surface area contributed by atoms with Crippen molar-refractivity contribution < 1.29 is 8.42 Å². The van der Waals surface area contributed by atoms with Crippen LogP contribution in [0.2, 0.25) is 0 Å². The van der Waals surface area contributed by atoms with Crippen molar-refractivity contribution in [3.8, 4) is 0 Å². The first kappa shape index (κ1) is 11.3. The van der Waals surface area contributed by atoms with Gasteiger partial charge in [-0.15, -0.1) is 0 Å². The van der Waals surface area contributed by atoms with Crippen LogP contribution in [0.5, 0.6) is 0 Å². The van der Waals surface area contributed by atoms with Gasteiger partial charge in [0, 0.05) is 6.20 Å². The van der Waals surface area contributed by atoms with E-state index in [2.05, 4.69) is 19.7 Å². The molecule has 3 N–H and O–H groups in total. The van der Waals surface area contributed by atoms with E-state index in [1.807, 2.05) is 0 Å². The molecule has 0 amide bonds. The van der Waals surface area contributed by atoms with Crippen molar-refractivity contribution >= 4 is 21.5 Å². The summed E-state index contributed by atoms with van der Waals surface area (Å²) in [6, 6.07) is 2.78. The first-order valence-electron chi connectivity index (χ1n) is 4.57. The van der Waals surface area contributed by atoms with Gasteiger partial charge >= 0.3 is 0 Å². The zero-order valence-electron chi connectivity index (χ0n) is 8.61. The van der Waals surface area contributed by atoms with Crippen LogP contribution in [0.4, 0.5) is 11.5 Å². The molecule has 7 nitrogen and oxygen atoms in total. The van der Waals surface area contributed by atoms with Crippen molar-refractivity contribution in [2.24, 2.45) is 0 Å². The molecule has 0 aromatic carbocycles. The molecule has 2 rings (SSSR count). The summed E-state index contributed by atoms with van der Waals surface area (Å²) < 4.78 is 26.1. The number of nitrogens with one attached hydrogen (secondary N) is 1. The summed E-state index contributed by atoms with van der Waals surface area (Å²) in [5.74, 6) is 0.256. The highest BCUT2D eigenvalue weighted by Gasteiger charge is 2.14. The van der Waals surface area contributed by atoms with Crippen LogP contribution in [0.15, 0.2) is 41.9 Å². The van der Waals surface area contributed by atoms with E-state index in [0.29, 0.717) is 0 Å². The SMILES string of the molecule is Nc1ccc(S(=O)(=O)Nc2cncnc2)cn1. The van der Waals surface area contributed by atoms with E-state index in [4.69, 9.17) is 5.73 Å². The monoisotopic (exact) mass is 251 g/mol. The maximum absolute atomic E-state index is 11.9. The number of nitrogen functional groups attached to an aromatic ring is 1. The summed E-state index contributed by atoms with van der Waals surface area (Å²) in [7, 11) is -3.68. The van der Waals surface area contributed by atoms with Crippen LogP contribution >= 0.6 is 0 Å². The summed E-state index contributed by atoms with van der Waals surface area (Å²) in [5, 5.41) is 0. The fraction of sp³-hybridized carbons (Fsp3) is 0. The van der Waals surface area contributed by atoms with Gasteiger partial charge in [-0.3, -0.25) is 4.72 Å². The first-order valence-corrected chi connectivity index (χ1v) is 6.05. The molecule has 8 heteroatoms. The Morgan fingerprint density at radius 3 is 2.41 bits per heavy atom. The first-order chi connectivity index (χ1) is 8.08. The van der Waals surface area contributed by atoms with Crippen molar-refractivity contribution in [1.82, 2.24) is 15.0 Å². The molecule has 0 fully saturated rings. The molecule has 0 saturated carbocycles. The Hall–Kier alpha value is -2.22. The van der Waals surface area contributed by atoms with Gasteiger partial charge in [-0.1, -0.05) is 0 Å². The van der Waals surface area contributed by atoms with E-state index in [9.17, 15) is 8.42 Å². The summed E-state index contributed by atoms with van der Waals surface area (Å²) in [6.45, 7) is 0. The van der Waals surface area contributed by atoms with Gasteiger partial charge in [-0.25, -0.2) is 23.4 Å². The van der Waals surface area contributed by atoms with E-state index in [0.717, 1.165) is 0 Å². The Morgan fingerprint density at radius 1 is 1.12 bits per heavy atom. The Balaban J connectivity index is 2.29. The molecule has 0 aliphatic heterocycles. The number of hydrogen-bond acceptors (Lipinski definition) is 6. The lowest BCUT2D eigenvalue weighted by atomic mass is 10.5. The highest BCUT2D eigenvalue weighted by molar-refractivity contribution is 7.92. The van der Waals surface area contributed by atoms with Crippen molar-refractivity contribution in [3.05, 3.63) is 37.1 Å². The summed E-state index contributed by atoms with van der Waals surface area (Å²) in [5.41, 5.74) is 5.66. The molecule has 0 saturated heterocycles. The molecule has 2 aromatic heterocycles. The van der Waals surface area contributed by atoms with Crippen LogP contribution in [0, 0.1) is 0 Å². The Bertz CT molecular complexity index is 597. The third kappa shape index (κ3) is 2.67. The van der Waals surface area contributed by atoms with Crippen LogP contribution in [-0.4, -0.2) is 23.4 Å². The Labute approximate surface area is 97.8 Å². The van der Waals surface area contributed by atoms with Gasteiger partial charge in [0.1, 0.15) is 17.0 Å². The number of rotatable bonds is 3. The largest absolute Gasteiger partial charge is 0.384 e. The number of nitrogens with two attached hydrogens (primary N) is 1. The van der Waals surface area contributed by atoms with E-state index >= 15 is 0 Å². The van der Waals surface area contributed by atoms with Gasteiger partial charge < -0.3 is 5.73 Å². The second kappa shape index (κ2) is 4.34.